The van der Waals surface area contributed by atoms with Crippen molar-refractivity contribution in [3.05, 3.63) is 29.8 Å². The lowest BCUT2D eigenvalue weighted by Gasteiger charge is -2.35. The van der Waals surface area contributed by atoms with Crippen molar-refractivity contribution in [2.75, 3.05) is 18.4 Å². The number of carbonyl (C=O) groups is 3. The summed E-state index contributed by atoms with van der Waals surface area (Å²) in [7, 11) is 0. The standard InChI is InChI=1S/C23H31N3O4/c1-14(27)24-20-10-17-12-26(13-18(17)11-21(20)28)23(30)16-7-4-8-19(9-16)25-22(29)15-5-2-3-6-15/h4,7-9,15,17-18,20-21,28H,2-3,5-6,10-13H2,1H3,(H,24,27)(H,25,29)/t17-,18+,20-,21-/m1/s1. The largest absolute Gasteiger partial charge is 0.391 e. The van der Waals surface area contributed by atoms with Crippen LogP contribution in [0.25, 0.3) is 0 Å². The molecule has 162 valence electrons. The molecule has 7 heteroatoms. The maximum Gasteiger partial charge on any atom is 0.253 e. The zero-order chi connectivity index (χ0) is 21.3. The Morgan fingerprint density at radius 3 is 2.47 bits per heavy atom. The van der Waals surface area contributed by atoms with Gasteiger partial charge in [-0.3, -0.25) is 14.4 Å². The van der Waals surface area contributed by atoms with Crippen molar-refractivity contribution < 1.29 is 19.5 Å². The van der Waals surface area contributed by atoms with Gasteiger partial charge < -0.3 is 20.6 Å². The number of anilines is 1. The lowest BCUT2D eigenvalue weighted by atomic mass is 9.77. The molecule has 0 aromatic heterocycles. The number of aliphatic hydroxyl groups excluding tert-OH is 1. The fraction of sp³-hybridized carbons (Fsp3) is 0.609. The minimum atomic E-state index is -0.570. The van der Waals surface area contributed by atoms with Gasteiger partial charge in [-0.25, -0.2) is 0 Å². The molecule has 3 fully saturated rings. The molecule has 4 rings (SSSR count). The maximum atomic E-state index is 13.1. The molecule has 30 heavy (non-hydrogen) atoms. The molecule has 1 saturated heterocycles. The van der Waals surface area contributed by atoms with Crippen molar-refractivity contribution >= 4 is 23.4 Å². The van der Waals surface area contributed by atoms with E-state index in [-0.39, 0.29) is 41.5 Å². The second-order valence-electron chi connectivity index (χ2n) is 9.13. The summed E-state index contributed by atoms with van der Waals surface area (Å²) in [6, 6.07) is 6.92. The highest BCUT2D eigenvalue weighted by Gasteiger charge is 2.43. The number of nitrogens with one attached hydrogen (secondary N) is 2. The van der Waals surface area contributed by atoms with Crippen molar-refractivity contribution in [3.63, 3.8) is 0 Å². The van der Waals surface area contributed by atoms with E-state index in [4.69, 9.17) is 0 Å². The zero-order valence-electron chi connectivity index (χ0n) is 17.5. The summed E-state index contributed by atoms with van der Waals surface area (Å²) in [5, 5.41) is 16.2. The molecule has 3 amide bonds. The van der Waals surface area contributed by atoms with Gasteiger partial charge in [-0.2, -0.15) is 0 Å². The molecular weight excluding hydrogens is 382 g/mol. The maximum absolute atomic E-state index is 13.1. The molecule has 3 N–H and O–H groups in total. The van der Waals surface area contributed by atoms with E-state index >= 15 is 0 Å². The molecule has 1 aromatic carbocycles. The van der Waals surface area contributed by atoms with Crippen molar-refractivity contribution in [3.8, 4) is 0 Å². The third-order valence-corrected chi connectivity index (χ3v) is 6.92. The Morgan fingerprint density at radius 1 is 1.07 bits per heavy atom. The summed E-state index contributed by atoms with van der Waals surface area (Å²) in [6.45, 7) is 2.71. The summed E-state index contributed by atoms with van der Waals surface area (Å²) in [5.74, 6) is 0.460. The molecule has 2 saturated carbocycles. The normalized spacial score (nSPS) is 28.8. The Morgan fingerprint density at radius 2 is 1.77 bits per heavy atom. The van der Waals surface area contributed by atoms with Crippen molar-refractivity contribution in [1.82, 2.24) is 10.2 Å². The average Bonchev–Trinajstić information content (AvgIpc) is 3.37. The SMILES string of the molecule is CC(=O)N[C@@H]1C[C@@H]2CN(C(=O)c3cccc(NC(=O)C4CCCC4)c3)C[C@@H]2C[C@H]1O. The Bertz CT molecular complexity index is 820. The van der Waals surface area contributed by atoms with Gasteiger partial charge in [0.15, 0.2) is 0 Å². The fourth-order valence-corrected chi connectivity index (χ4v) is 5.36. The summed E-state index contributed by atoms with van der Waals surface area (Å²) < 4.78 is 0. The number of likely N-dealkylation sites (tertiary alicyclic amines) is 1. The summed E-state index contributed by atoms with van der Waals surface area (Å²) in [4.78, 5) is 38.7. The Hall–Kier alpha value is -2.41. The van der Waals surface area contributed by atoms with Crippen LogP contribution in [0.5, 0.6) is 0 Å². The highest BCUT2D eigenvalue weighted by atomic mass is 16.3. The number of fused-ring (bicyclic) bond motifs is 1. The lowest BCUT2D eigenvalue weighted by molar-refractivity contribution is -0.121. The molecule has 0 spiro atoms. The molecule has 1 aromatic rings. The fourth-order valence-electron chi connectivity index (χ4n) is 5.36. The van der Waals surface area contributed by atoms with Crippen LogP contribution in [0, 0.1) is 17.8 Å². The monoisotopic (exact) mass is 413 g/mol. The first-order valence-electron chi connectivity index (χ1n) is 11.1. The average molecular weight is 414 g/mol. The number of carbonyl (C=O) groups excluding carboxylic acids is 3. The van der Waals surface area contributed by atoms with Crippen LogP contribution >= 0.6 is 0 Å². The van der Waals surface area contributed by atoms with Gasteiger partial charge in [-0.15, -0.1) is 0 Å². The molecule has 1 heterocycles. The molecule has 2 aliphatic carbocycles. The minimum absolute atomic E-state index is 0.0438. The summed E-state index contributed by atoms with van der Waals surface area (Å²) in [5.41, 5.74) is 1.23. The highest BCUT2D eigenvalue weighted by Crippen LogP contribution is 2.37. The van der Waals surface area contributed by atoms with Gasteiger partial charge in [0.1, 0.15) is 0 Å². The van der Waals surface area contributed by atoms with Crippen molar-refractivity contribution in [2.24, 2.45) is 17.8 Å². The van der Waals surface area contributed by atoms with Gasteiger partial charge in [0.2, 0.25) is 11.8 Å². The quantitative estimate of drug-likeness (QED) is 0.704. The number of amides is 3. The van der Waals surface area contributed by atoms with Gasteiger partial charge in [0, 0.05) is 37.2 Å². The Kier molecular flexibility index (Phi) is 6.09. The molecule has 0 bridgehead atoms. The molecule has 4 atom stereocenters. The summed E-state index contributed by atoms with van der Waals surface area (Å²) in [6.07, 6.45) is 4.79. The smallest absolute Gasteiger partial charge is 0.253 e. The number of benzene rings is 1. The van der Waals surface area contributed by atoms with Gasteiger partial charge in [0.25, 0.3) is 5.91 Å². The lowest BCUT2D eigenvalue weighted by Crippen LogP contribution is -2.48. The third-order valence-electron chi connectivity index (χ3n) is 6.92. The molecule has 3 aliphatic rings. The Balaban J connectivity index is 1.39. The van der Waals surface area contributed by atoms with Crippen LogP contribution in [-0.4, -0.2) is 53.0 Å². The number of hydrogen-bond donors (Lipinski definition) is 3. The van der Waals surface area contributed by atoms with E-state index in [2.05, 4.69) is 10.6 Å². The van der Waals surface area contributed by atoms with E-state index < -0.39 is 6.10 Å². The zero-order valence-corrected chi connectivity index (χ0v) is 17.5. The van der Waals surface area contributed by atoms with Gasteiger partial charge >= 0.3 is 0 Å². The van der Waals surface area contributed by atoms with Gasteiger partial charge in [-0.05, 0) is 55.7 Å². The summed E-state index contributed by atoms with van der Waals surface area (Å²) >= 11 is 0. The van der Waals surface area contributed by atoms with Crippen LogP contribution in [0.15, 0.2) is 24.3 Å². The first-order valence-corrected chi connectivity index (χ1v) is 11.1. The first kappa shape index (κ1) is 20.8. The van der Waals surface area contributed by atoms with Crippen LogP contribution < -0.4 is 10.6 Å². The molecular formula is C23H31N3O4. The van der Waals surface area contributed by atoms with Gasteiger partial charge in [-0.1, -0.05) is 18.9 Å². The second-order valence-corrected chi connectivity index (χ2v) is 9.13. The molecule has 0 radical (unpaired) electrons. The van der Waals surface area contributed by atoms with E-state index in [0.29, 0.717) is 37.2 Å². The van der Waals surface area contributed by atoms with Gasteiger partial charge in [0.05, 0.1) is 12.1 Å². The molecule has 0 unspecified atom stereocenters. The van der Waals surface area contributed by atoms with Crippen LogP contribution in [0.4, 0.5) is 5.69 Å². The van der Waals surface area contributed by atoms with E-state index in [9.17, 15) is 19.5 Å². The number of hydrogen-bond acceptors (Lipinski definition) is 4. The predicted molar refractivity (Wildman–Crippen MR) is 113 cm³/mol. The van der Waals surface area contributed by atoms with Crippen LogP contribution in [0.2, 0.25) is 0 Å². The predicted octanol–water partition coefficient (Wildman–Crippen LogP) is 2.16. The van der Waals surface area contributed by atoms with Crippen molar-refractivity contribution in [1.29, 1.82) is 0 Å². The van der Waals surface area contributed by atoms with Crippen molar-refractivity contribution in [2.45, 2.75) is 57.6 Å². The number of rotatable bonds is 4. The van der Waals surface area contributed by atoms with E-state index in [0.717, 1.165) is 25.7 Å². The Labute approximate surface area is 177 Å². The van der Waals surface area contributed by atoms with E-state index in [1.807, 2.05) is 11.0 Å². The van der Waals surface area contributed by atoms with Crippen LogP contribution in [0.3, 0.4) is 0 Å². The first-order chi connectivity index (χ1) is 14.4. The second kappa shape index (κ2) is 8.76. The van der Waals surface area contributed by atoms with E-state index in [1.165, 1.54) is 6.92 Å². The number of aliphatic hydroxyl groups is 1. The topological polar surface area (TPSA) is 98.7 Å². The van der Waals surface area contributed by atoms with E-state index in [1.54, 1.807) is 18.2 Å². The highest BCUT2D eigenvalue weighted by molar-refractivity contribution is 5.97. The molecule has 7 nitrogen and oxygen atoms in total. The molecule has 1 aliphatic heterocycles. The van der Waals surface area contributed by atoms with Crippen LogP contribution in [0.1, 0.15) is 55.8 Å². The van der Waals surface area contributed by atoms with Crippen LogP contribution in [-0.2, 0) is 9.59 Å². The third kappa shape index (κ3) is 4.51. The minimum Gasteiger partial charge on any atom is -0.391 e. The number of nitrogens with zero attached hydrogens (tertiary/aromatic N) is 1.